The van der Waals surface area contributed by atoms with Crippen LogP contribution in [0.5, 0.6) is 0 Å². The van der Waals surface area contributed by atoms with Crippen molar-refractivity contribution in [1.29, 1.82) is 0 Å². The zero-order valence-electron chi connectivity index (χ0n) is 10.3. The van der Waals surface area contributed by atoms with E-state index in [0.29, 0.717) is 12.3 Å². The van der Waals surface area contributed by atoms with Gasteiger partial charge in [-0.2, -0.15) is 4.98 Å². The van der Waals surface area contributed by atoms with Gasteiger partial charge in [-0.1, -0.05) is 35.0 Å². The third-order valence-corrected chi connectivity index (χ3v) is 3.01. The van der Waals surface area contributed by atoms with Gasteiger partial charge in [-0.3, -0.25) is 0 Å². The van der Waals surface area contributed by atoms with E-state index in [1.54, 1.807) is 0 Å². The highest BCUT2D eigenvalue weighted by Gasteiger charge is 2.08. The SMILES string of the molecule is CNCCCc1noc(Cc2ccccc2Cl)n1. The second-order valence-electron chi connectivity index (χ2n) is 4.08. The Labute approximate surface area is 111 Å². The molecule has 0 radical (unpaired) electrons. The summed E-state index contributed by atoms with van der Waals surface area (Å²) in [5.74, 6) is 1.37. The van der Waals surface area contributed by atoms with Gasteiger partial charge >= 0.3 is 0 Å². The van der Waals surface area contributed by atoms with E-state index in [0.717, 1.165) is 35.8 Å². The molecule has 1 N–H and O–H groups in total. The third kappa shape index (κ3) is 3.55. The minimum absolute atomic E-state index is 0.582. The number of rotatable bonds is 6. The molecule has 1 aromatic carbocycles. The van der Waals surface area contributed by atoms with Crippen LogP contribution in [0.3, 0.4) is 0 Å². The zero-order valence-corrected chi connectivity index (χ0v) is 11.1. The first-order valence-electron chi connectivity index (χ1n) is 5.99. The van der Waals surface area contributed by atoms with Crippen LogP contribution in [0, 0.1) is 0 Å². The average Bonchev–Trinajstić information content (AvgIpc) is 2.80. The molecule has 96 valence electrons. The molecule has 5 heteroatoms. The minimum atomic E-state index is 0.582. The maximum Gasteiger partial charge on any atom is 0.231 e. The molecule has 0 bridgehead atoms. The number of aryl methyl sites for hydroxylation is 1. The summed E-state index contributed by atoms with van der Waals surface area (Å²) in [5.41, 5.74) is 1.00. The van der Waals surface area contributed by atoms with Crippen molar-refractivity contribution in [3.05, 3.63) is 46.6 Å². The molecule has 2 aromatic rings. The summed E-state index contributed by atoms with van der Waals surface area (Å²) in [6, 6.07) is 7.68. The second-order valence-corrected chi connectivity index (χ2v) is 4.49. The van der Waals surface area contributed by atoms with Gasteiger partial charge in [-0.25, -0.2) is 0 Å². The monoisotopic (exact) mass is 265 g/mol. The lowest BCUT2D eigenvalue weighted by Crippen LogP contribution is -2.08. The number of nitrogens with one attached hydrogen (secondary N) is 1. The van der Waals surface area contributed by atoms with E-state index in [4.69, 9.17) is 16.1 Å². The Bertz CT molecular complexity index is 498. The van der Waals surface area contributed by atoms with Crippen molar-refractivity contribution >= 4 is 11.6 Å². The summed E-state index contributed by atoms with van der Waals surface area (Å²) >= 11 is 6.09. The molecular weight excluding hydrogens is 250 g/mol. The summed E-state index contributed by atoms with van der Waals surface area (Å²) in [4.78, 5) is 4.35. The normalized spacial score (nSPS) is 10.8. The number of aromatic nitrogens is 2. The maximum absolute atomic E-state index is 6.09. The second kappa shape index (κ2) is 6.52. The van der Waals surface area contributed by atoms with E-state index in [9.17, 15) is 0 Å². The van der Waals surface area contributed by atoms with Gasteiger partial charge in [-0.05, 0) is 31.6 Å². The molecule has 0 atom stereocenters. The lowest BCUT2D eigenvalue weighted by atomic mass is 10.1. The predicted octanol–water partition coefficient (Wildman–Crippen LogP) is 2.47. The smallest absolute Gasteiger partial charge is 0.231 e. The Morgan fingerprint density at radius 3 is 2.94 bits per heavy atom. The van der Waals surface area contributed by atoms with Crippen LogP contribution >= 0.6 is 11.6 Å². The fourth-order valence-electron chi connectivity index (χ4n) is 1.69. The molecule has 0 aliphatic heterocycles. The number of nitrogens with zero attached hydrogens (tertiary/aromatic N) is 2. The summed E-state index contributed by atoms with van der Waals surface area (Å²) in [6.07, 6.45) is 2.41. The molecule has 18 heavy (non-hydrogen) atoms. The molecule has 0 aliphatic rings. The van der Waals surface area contributed by atoms with Gasteiger partial charge in [0.1, 0.15) is 0 Å². The van der Waals surface area contributed by atoms with Gasteiger partial charge in [0, 0.05) is 11.4 Å². The van der Waals surface area contributed by atoms with Gasteiger partial charge < -0.3 is 9.84 Å². The fraction of sp³-hybridized carbons (Fsp3) is 0.385. The first-order valence-corrected chi connectivity index (χ1v) is 6.37. The van der Waals surface area contributed by atoms with Crippen LogP contribution < -0.4 is 5.32 Å². The average molecular weight is 266 g/mol. The maximum atomic E-state index is 6.09. The van der Waals surface area contributed by atoms with Crippen molar-refractivity contribution in [2.24, 2.45) is 0 Å². The molecular formula is C13H16ClN3O. The lowest BCUT2D eigenvalue weighted by molar-refractivity contribution is 0.379. The Kier molecular flexibility index (Phi) is 4.73. The molecule has 0 fully saturated rings. The highest BCUT2D eigenvalue weighted by molar-refractivity contribution is 6.31. The number of benzene rings is 1. The molecule has 2 rings (SSSR count). The third-order valence-electron chi connectivity index (χ3n) is 2.64. The lowest BCUT2D eigenvalue weighted by Gasteiger charge is -1.98. The van der Waals surface area contributed by atoms with Crippen LogP contribution in [0.15, 0.2) is 28.8 Å². The Balaban J connectivity index is 1.96. The van der Waals surface area contributed by atoms with Crippen LogP contribution in [0.1, 0.15) is 23.7 Å². The van der Waals surface area contributed by atoms with E-state index in [2.05, 4.69) is 15.5 Å². The van der Waals surface area contributed by atoms with Crippen molar-refractivity contribution in [3.8, 4) is 0 Å². The van der Waals surface area contributed by atoms with Crippen LogP contribution in [-0.4, -0.2) is 23.7 Å². The summed E-state index contributed by atoms with van der Waals surface area (Å²) in [7, 11) is 1.93. The first kappa shape index (κ1) is 13.1. The number of hydrogen-bond donors (Lipinski definition) is 1. The predicted molar refractivity (Wildman–Crippen MR) is 70.8 cm³/mol. The van der Waals surface area contributed by atoms with Crippen molar-refractivity contribution in [1.82, 2.24) is 15.5 Å². The van der Waals surface area contributed by atoms with Crippen LogP contribution in [0.2, 0.25) is 5.02 Å². The highest BCUT2D eigenvalue weighted by Crippen LogP contribution is 2.18. The van der Waals surface area contributed by atoms with E-state index >= 15 is 0 Å². The van der Waals surface area contributed by atoms with E-state index in [1.807, 2.05) is 31.3 Å². The van der Waals surface area contributed by atoms with Crippen LogP contribution in [0.25, 0.3) is 0 Å². The van der Waals surface area contributed by atoms with Gasteiger partial charge in [-0.15, -0.1) is 0 Å². The van der Waals surface area contributed by atoms with Gasteiger partial charge in [0.25, 0.3) is 0 Å². The molecule has 0 saturated heterocycles. The van der Waals surface area contributed by atoms with Gasteiger partial charge in [0.05, 0.1) is 6.42 Å². The molecule has 0 unspecified atom stereocenters. The molecule has 0 saturated carbocycles. The number of hydrogen-bond acceptors (Lipinski definition) is 4. The van der Waals surface area contributed by atoms with Crippen LogP contribution in [0.4, 0.5) is 0 Å². The molecule has 0 aliphatic carbocycles. The summed E-state index contributed by atoms with van der Waals surface area (Å²) in [6.45, 7) is 0.953. The van der Waals surface area contributed by atoms with Crippen molar-refractivity contribution < 1.29 is 4.52 Å². The molecule has 1 heterocycles. The molecule has 0 amide bonds. The van der Waals surface area contributed by atoms with Crippen molar-refractivity contribution in [3.63, 3.8) is 0 Å². The zero-order chi connectivity index (χ0) is 12.8. The molecule has 4 nitrogen and oxygen atoms in total. The van der Waals surface area contributed by atoms with E-state index < -0.39 is 0 Å². The van der Waals surface area contributed by atoms with E-state index in [-0.39, 0.29) is 0 Å². The Morgan fingerprint density at radius 1 is 1.33 bits per heavy atom. The summed E-state index contributed by atoms with van der Waals surface area (Å²) < 4.78 is 5.21. The van der Waals surface area contributed by atoms with Crippen LogP contribution in [-0.2, 0) is 12.8 Å². The molecule has 1 aromatic heterocycles. The number of halogens is 1. The fourth-order valence-corrected chi connectivity index (χ4v) is 1.89. The standard InChI is InChI=1S/C13H16ClN3O/c1-15-8-4-7-12-16-13(18-17-12)9-10-5-2-3-6-11(10)14/h2-3,5-6,15H,4,7-9H2,1H3. The largest absolute Gasteiger partial charge is 0.339 e. The van der Waals surface area contributed by atoms with Gasteiger partial charge in [0.15, 0.2) is 5.82 Å². The highest BCUT2D eigenvalue weighted by atomic mass is 35.5. The molecule has 0 spiro atoms. The van der Waals surface area contributed by atoms with Gasteiger partial charge in [0.2, 0.25) is 5.89 Å². The summed E-state index contributed by atoms with van der Waals surface area (Å²) in [5, 5.41) is 7.77. The Hall–Kier alpha value is -1.39. The van der Waals surface area contributed by atoms with E-state index in [1.165, 1.54) is 0 Å². The quantitative estimate of drug-likeness (QED) is 0.816. The topological polar surface area (TPSA) is 51.0 Å². The van der Waals surface area contributed by atoms with Crippen molar-refractivity contribution in [2.75, 3.05) is 13.6 Å². The minimum Gasteiger partial charge on any atom is -0.339 e. The Morgan fingerprint density at radius 2 is 2.17 bits per heavy atom. The first-order chi connectivity index (χ1) is 8.79. The van der Waals surface area contributed by atoms with Crippen molar-refractivity contribution in [2.45, 2.75) is 19.3 Å².